The lowest BCUT2D eigenvalue weighted by Gasteiger charge is -2.33. The average molecular weight is 486 g/mol. The molecular formula is C28H31N5O3. The zero-order valence-corrected chi connectivity index (χ0v) is 20.7. The van der Waals surface area contributed by atoms with Crippen molar-refractivity contribution in [2.24, 2.45) is 0 Å². The Kier molecular flexibility index (Phi) is 6.95. The van der Waals surface area contributed by atoms with Gasteiger partial charge in [0.05, 0.1) is 5.39 Å². The third-order valence-electron chi connectivity index (χ3n) is 6.77. The van der Waals surface area contributed by atoms with Gasteiger partial charge >= 0.3 is 0 Å². The van der Waals surface area contributed by atoms with Gasteiger partial charge in [0.2, 0.25) is 5.91 Å². The molecular weight excluding hydrogens is 454 g/mol. The number of benzene rings is 2. The molecule has 1 aliphatic rings. The van der Waals surface area contributed by atoms with Crippen LogP contribution in [-0.4, -0.2) is 45.4 Å². The van der Waals surface area contributed by atoms with Gasteiger partial charge in [0.25, 0.3) is 5.56 Å². The van der Waals surface area contributed by atoms with E-state index >= 15 is 0 Å². The van der Waals surface area contributed by atoms with Gasteiger partial charge in [-0.3, -0.25) is 9.59 Å². The molecule has 5 rings (SSSR count). The summed E-state index contributed by atoms with van der Waals surface area (Å²) >= 11 is 0. The van der Waals surface area contributed by atoms with Crippen LogP contribution in [0.15, 0.2) is 63.9 Å². The predicted octanol–water partition coefficient (Wildman–Crippen LogP) is 4.59. The Morgan fingerprint density at radius 2 is 1.94 bits per heavy atom. The fourth-order valence-corrected chi connectivity index (χ4v) is 5.10. The summed E-state index contributed by atoms with van der Waals surface area (Å²) in [6.07, 6.45) is 3.08. The van der Waals surface area contributed by atoms with Gasteiger partial charge < -0.3 is 14.7 Å². The molecule has 186 valence electrons. The fourth-order valence-electron chi connectivity index (χ4n) is 5.10. The molecule has 1 unspecified atom stereocenters. The number of rotatable bonds is 7. The number of likely N-dealkylation sites (tertiary alicyclic amines) is 1. The van der Waals surface area contributed by atoms with Crippen molar-refractivity contribution in [1.82, 2.24) is 19.8 Å². The Morgan fingerprint density at radius 1 is 1.11 bits per heavy atom. The summed E-state index contributed by atoms with van der Waals surface area (Å²) in [5.41, 5.74) is 3.32. The Morgan fingerprint density at radius 3 is 2.72 bits per heavy atom. The molecule has 4 aromatic rings. The maximum absolute atomic E-state index is 13.2. The van der Waals surface area contributed by atoms with E-state index in [-0.39, 0.29) is 11.5 Å². The van der Waals surface area contributed by atoms with E-state index < -0.39 is 0 Å². The van der Waals surface area contributed by atoms with Crippen molar-refractivity contribution in [3.05, 3.63) is 76.3 Å². The van der Waals surface area contributed by atoms with E-state index in [1.54, 1.807) is 4.68 Å². The highest BCUT2D eigenvalue weighted by atomic mass is 16.5. The monoisotopic (exact) mass is 485 g/mol. The smallest absolute Gasteiger partial charge is 0.274 e. The molecule has 2 aromatic heterocycles. The van der Waals surface area contributed by atoms with Gasteiger partial charge in [-0.05, 0) is 69.0 Å². The molecule has 1 aliphatic heterocycles. The van der Waals surface area contributed by atoms with Crippen molar-refractivity contribution in [3.63, 3.8) is 0 Å². The summed E-state index contributed by atoms with van der Waals surface area (Å²) in [6.45, 7) is 6.81. The number of aromatic nitrogens is 3. The molecule has 0 spiro atoms. The summed E-state index contributed by atoms with van der Waals surface area (Å²) in [5.74, 6) is 1.07. The summed E-state index contributed by atoms with van der Waals surface area (Å²) in [5, 5.41) is 13.1. The first kappa shape index (κ1) is 23.9. The molecule has 0 radical (unpaired) electrons. The zero-order valence-electron chi connectivity index (χ0n) is 20.7. The molecule has 3 heterocycles. The lowest BCUT2D eigenvalue weighted by Crippen LogP contribution is -2.36. The van der Waals surface area contributed by atoms with Gasteiger partial charge in [-0.25, -0.2) is 4.68 Å². The van der Waals surface area contributed by atoms with Gasteiger partial charge in [-0.2, -0.15) is 5.10 Å². The number of carbonyl (C=O) groups is 1. The number of nitrogens with one attached hydrogen (secondary N) is 1. The molecule has 0 saturated carbocycles. The number of piperidine rings is 1. The van der Waals surface area contributed by atoms with Crippen LogP contribution in [0.25, 0.3) is 22.2 Å². The Labute approximate surface area is 209 Å². The van der Waals surface area contributed by atoms with Crippen LogP contribution < -0.4 is 10.9 Å². The van der Waals surface area contributed by atoms with Crippen LogP contribution in [0.2, 0.25) is 0 Å². The van der Waals surface area contributed by atoms with E-state index in [1.165, 1.54) is 12.5 Å². The summed E-state index contributed by atoms with van der Waals surface area (Å²) in [4.78, 5) is 27.1. The van der Waals surface area contributed by atoms with Crippen molar-refractivity contribution in [3.8, 4) is 11.4 Å². The number of fused-ring (bicyclic) bond motifs is 1. The van der Waals surface area contributed by atoms with Crippen LogP contribution in [0.1, 0.15) is 43.4 Å². The number of hydrogen-bond donors (Lipinski definition) is 1. The normalized spacial score (nSPS) is 16.3. The van der Waals surface area contributed by atoms with Crippen LogP contribution in [0.3, 0.4) is 0 Å². The zero-order chi connectivity index (χ0) is 25.1. The van der Waals surface area contributed by atoms with Gasteiger partial charge in [0, 0.05) is 37.2 Å². The maximum Gasteiger partial charge on any atom is 0.274 e. The minimum atomic E-state index is -0.0825. The first-order valence-electron chi connectivity index (χ1n) is 12.5. The Bertz CT molecular complexity index is 1440. The number of hydrogen-bond acceptors (Lipinski definition) is 6. The second kappa shape index (κ2) is 10.5. The van der Waals surface area contributed by atoms with E-state index in [1.807, 2.05) is 49.4 Å². The SMILES string of the molecule is CC(=O)Nc1cccc(C2CCCN(CCCn3nc(-c4cc(C)on4)c4ccccc4c3=O)C2)c1. The maximum atomic E-state index is 13.2. The van der Waals surface area contributed by atoms with Gasteiger partial charge in [0.15, 0.2) is 0 Å². The molecule has 0 aliphatic carbocycles. The molecule has 2 aromatic carbocycles. The number of carbonyl (C=O) groups excluding carboxylic acids is 1. The van der Waals surface area contributed by atoms with Crippen molar-refractivity contribution in [2.75, 3.05) is 25.0 Å². The standard InChI is InChI=1S/C28H31N5O3/c1-19-16-26(31-36-19)27-24-11-3-4-12-25(24)28(35)33(30-27)15-7-14-32-13-6-9-22(18-32)21-8-5-10-23(17-21)29-20(2)34/h3-5,8,10-12,16-17,22H,6-7,9,13-15,18H2,1-2H3,(H,29,34). The number of anilines is 1. The highest BCUT2D eigenvalue weighted by Gasteiger charge is 2.22. The molecule has 1 fully saturated rings. The first-order valence-corrected chi connectivity index (χ1v) is 12.5. The molecule has 8 nitrogen and oxygen atoms in total. The molecule has 1 atom stereocenters. The highest BCUT2D eigenvalue weighted by Crippen LogP contribution is 2.29. The van der Waals surface area contributed by atoms with Crippen LogP contribution >= 0.6 is 0 Å². The number of nitrogens with zero attached hydrogens (tertiary/aromatic N) is 4. The first-order chi connectivity index (χ1) is 17.5. The van der Waals surface area contributed by atoms with E-state index in [0.29, 0.717) is 35.0 Å². The summed E-state index contributed by atoms with van der Waals surface area (Å²) in [6, 6.07) is 17.5. The molecule has 36 heavy (non-hydrogen) atoms. The number of aryl methyl sites for hydroxylation is 2. The fraction of sp³-hybridized carbons (Fsp3) is 0.357. The van der Waals surface area contributed by atoms with Gasteiger partial charge in [-0.15, -0.1) is 0 Å². The lowest BCUT2D eigenvalue weighted by molar-refractivity contribution is -0.114. The van der Waals surface area contributed by atoms with E-state index in [9.17, 15) is 9.59 Å². The third-order valence-corrected chi connectivity index (χ3v) is 6.77. The summed E-state index contributed by atoms with van der Waals surface area (Å²) in [7, 11) is 0. The molecule has 8 heteroatoms. The summed E-state index contributed by atoms with van der Waals surface area (Å²) < 4.78 is 6.84. The minimum Gasteiger partial charge on any atom is -0.361 e. The Balaban J connectivity index is 1.28. The molecule has 1 N–H and O–H groups in total. The van der Waals surface area contributed by atoms with Gasteiger partial charge in [-0.1, -0.05) is 35.5 Å². The second-order valence-electron chi connectivity index (χ2n) is 9.55. The highest BCUT2D eigenvalue weighted by molar-refractivity contribution is 5.92. The van der Waals surface area contributed by atoms with Crippen molar-refractivity contribution < 1.29 is 9.32 Å². The molecule has 1 saturated heterocycles. The van der Waals surface area contributed by atoms with Crippen LogP contribution in [0, 0.1) is 6.92 Å². The van der Waals surface area contributed by atoms with Crippen molar-refractivity contribution in [2.45, 2.75) is 45.6 Å². The van der Waals surface area contributed by atoms with Crippen molar-refractivity contribution in [1.29, 1.82) is 0 Å². The lowest BCUT2D eigenvalue weighted by atomic mass is 9.90. The van der Waals surface area contributed by atoms with Gasteiger partial charge in [0.1, 0.15) is 17.1 Å². The predicted molar refractivity (Wildman–Crippen MR) is 140 cm³/mol. The van der Waals surface area contributed by atoms with Crippen LogP contribution in [0.4, 0.5) is 5.69 Å². The molecule has 1 amide bonds. The number of amides is 1. The van der Waals surface area contributed by atoms with E-state index in [4.69, 9.17) is 9.62 Å². The van der Waals surface area contributed by atoms with E-state index in [0.717, 1.165) is 50.0 Å². The molecule has 0 bridgehead atoms. The quantitative estimate of drug-likeness (QED) is 0.412. The Hall–Kier alpha value is -3.78. The van der Waals surface area contributed by atoms with Crippen LogP contribution in [0.5, 0.6) is 0 Å². The van der Waals surface area contributed by atoms with Crippen molar-refractivity contribution >= 4 is 22.4 Å². The topological polar surface area (TPSA) is 93.3 Å². The van der Waals surface area contributed by atoms with Crippen LogP contribution in [-0.2, 0) is 11.3 Å². The second-order valence-corrected chi connectivity index (χ2v) is 9.55. The average Bonchev–Trinajstić information content (AvgIpc) is 3.31. The van der Waals surface area contributed by atoms with E-state index in [2.05, 4.69) is 27.5 Å². The largest absolute Gasteiger partial charge is 0.361 e. The third kappa shape index (κ3) is 5.23. The minimum absolute atomic E-state index is 0.0585.